The molecule has 2 rings (SSSR count). The van der Waals surface area contributed by atoms with Crippen LogP contribution in [0.1, 0.15) is 18.4 Å². The Morgan fingerprint density at radius 2 is 1.95 bits per heavy atom. The normalized spacial score (nSPS) is 19.5. The molecule has 1 aromatic rings. The molecule has 0 aromatic heterocycles. The molecule has 0 spiro atoms. The smallest absolute Gasteiger partial charge is 0.406 e. The predicted molar refractivity (Wildman–Crippen MR) is 82.3 cm³/mol. The van der Waals surface area contributed by atoms with Crippen LogP contribution in [0.5, 0.6) is 5.75 Å². The fraction of sp³-hybridized carbons (Fsp3) is 0.600. The highest BCUT2D eigenvalue weighted by Gasteiger charge is 2.31. The van der Waals surface area contributed by atoms with Gasteiger partial charge in [0.15, 0.2) is 0 Å². The number of nitrogens with zero attached hydrogens (tertiary/aromatic N) is 1. The van der Waals surface area contributed by atoms with Crippen LogP contribution in [0.2, 0.25) is 0 Å². The second kappa shape index (κ2) is 8.60. The number of nitrogens with one attached hydrogen (secondary N) is 1. The van der Waals surface area contributed by atoms with E-state index in [1.54, 1.807) is 12.1 Å². The number of piperidine rings is 1. The first-order chi connectivity index (χ1) is 9.96. The van der Waals surface area contributed by atoms with E-state index in [0.717, 1.165) is 31.7 Å². The third-order valence-corrected chi connectivity index (χ3v) is 3.66. The number of hydrogen-bond donors (Lipinski definition) is 1. The first-order valence-corrected chi connectivity index (χ1v) is 7.18. The van der Waals surface area contributed by atoms with E-state index in [4.69, 9.17) is 0 Å². The topological polar surface area (TPSA) is 24.5 Å². The zero-order chi connectivity index (χ0) is 15.3. The van der Waals surface area contributed by atoms with E-state index >= 15 is 0 Å². The van der Waals surface area contributed by atoms with Crippen LogP contribution < -0.4 is 10.1 Å². The van der Waals surface area contributed by atoms with Gasteiger partial charge in [0.1, 0.15) is 5.75 Å². The molecule has 1 aliphatic rings. The Hall–Kier alpha value is -0.980. The predicted octanol–water partition coefficient (Wildman–Crippen LogP) is 3.44. The fourth-order valence-corrected chi connectivity index (χ4v) is 2.80. The molecule has 1 N–H and O–H groups in total. The Balaban J connectivity index is 0.00000242. The second-order valence-corrected chi connectivity index (χ2v) is 5.49. The summed E-state index contributed by atoms with van der Waals surface area (Å²) in [5.74, 6) is 0.481. The Kier molecular flexibility index (Phi) is 7.45. The molecule has 22 heavy (non-hydrogen) atoms. The summed E-state index contributed by atoms with van der Waals surface area (Å²) >= 11 is 0. The maximum absolute atomic E-state index is 12.1. The number of halogens is 4. The molecule has 1 aromatic carbocycles. The van der Waals surface area contributed by atoms with Crippen molar-refractivity contribution < 1.29 is 17.9 Å². The number of alkyl halides is 3. The first kappa shape index (κ1) is 19.1. The quantitative estimate of drug-likeness (QED) is 0.890. The van der Waals surface area contributed by atoms with E-state index < -0.39 is 6.36 Å². The van der Waals surface area contributed by atoms with Crippen LogP contribution in [0.25, 0.3) is 0 Å². The highest BCUT2D eigenvalue weighted by molar-refractivity contribution is 5.85. The standard InChI is InChI=1S/C15H21F3N2O.ClH/c1-19-9-13-3-2-8-20(11-13)10-12-4-6-14(7-5-12)21-15(16,17)18;/h4-7,13,19H,2-3,8-11H2,1H3;1H. The zero-order valence-electron chi connectivity index (χ0n) is 12.5. The van der Waals surface area contributed by atoms with Gasteiger partial charge in [-0.15, -0.1) is 25.6 Å². The average molecular weight is 339 g/mol. The molecule has 0 saturated carbocycles. The molecule has 7 heteroatoms. The summed E-state index contributed by atoms with van der Waals surface area (Å²) in [5, 5.41) is 3.20. The van der Waals surface area contributed by atoms with Crippen LogP contribution >= 0.6 is 12.4 Å². The average Bonchev–Trinajstić information content (AvgIpc) is 2.40. The maximum Gasteiger partial charge on any atom is 0.573 e. The van der Waals surface area contributed by atoms with Crippen molar-refractivity contribution >= 4 is 12.4 Å². The van der Waals surface area contributed by atoms with Gasteiger partial charge >= 0.3 is 6.36 Å². The Morgan fingerprint density at radius 3 is 2.55 bits per heavy atom. The van der Waals surface area contributed by atoms with E-state index in [0.29, 0.717) is 5.92 Å². The van der Waals surface area contributed by atoms with Gasteiger partial charge in [-0.1, -0.05) is 12.1 Å². The van der Waals surface area contributed by atoms with E-state index in [-0.39, 0.29) is 18.2 Å². The minimum Gasteiger partial charge on any atom is -0.406 e. The van der Waals surface area contributed by atoms with Gasteiger partial charge in [-0.25, -0.2) is 0 Å². The summed E-state index contributed by atoms with van der Waals surface area (Å²) in [6.45, 7) is 3.85. The summed E-state index contributed by atoms with van der Waals surface area (Å²) in [7, 11) is 1.96. The van der Waals surface area contributed by atoms with Gasteiger partial charge < -0.3 is 10.1 Å². The van der Waals surface area contributed by atoms with Gasteiger partial charge in [0.2, 0.25) is 0 Å². The van der Waals surface area contributed by atoms with Gasteiger partial charge in [-0.3, -0.25) is 4.90 Å². The lowest BCUT2D eigenvalue weighted by Crippen LogP contribution is -2.38. The molecular formula is C15H22ClF3N2O. The van der Waals surface area contributed by atoms with Crippen LogP contribution in [-0.2, 0) is 6.54 Å². The van der Waals surface area contributed by atoms with Crippen molar-refractivity contribution in [3.05, 3.63) is 29.8 Å². The molecule has 0 radical (unpaired) electrons. The third-order valence-electron chi connectivity index (χ3n) is 3.66. The van der Waals surface area contributed by atoms with Crippen LogP contribution in [0.4, 0.5) is 13.2 Å². The molecule has 3 nitrogen and oxygen atoms in total. The Labute approximate surface area is 135 Å². The zero-order valence-corrected chi connectivity index (χ0v) is 13.3. The molecule has 126 valence electrons. The molecular weight excluding hydrogens is 317 g/mol. The van der Waals surface area contributed by atoms with Crippen molar-refractivity contribution in [1.29, 1.82) is 0 Å². The lowest BCUT2D eigenvalue weighted by molar-refractivity contribution is -0.274. The maximum atomic E-state index is 12.1. The summed E-state index contributed by atoms with van der Waals surface area (Å²) in [4.78, 5) is 2.35. The molecule has 1 heterocycles. The molecule has 1 aliphatic heterocycles. The number of hydrogen-bond acceptors (Lipinski definition) is 3. The molecule has 1 fully saturated rings. The largest absolute Gasteiger partial charge is 0.573 e. The minimum absolute atomic E-state index is 0. The highest BCUT2D eigenvalue weighted by atomic mass is 35.5. The highest BCUT2D eigenvalue weighted by Crippen LogP contribution is 2.24. The Bertz CT molecular complexity index is 437. The molecule has 1 saturated heterocycles. The van der Waals surface area contributed by atoms with Crippen molar-refractivity contribution in [2.45, 2.75) is 25.7 Å². The lowest BCUT2D eigenvalue weighted by atomic mass is 9.97. The van der Waals surface area contributed by atoms with Gasteiger partial charge in [0.25, 0.3) is 0 Å². The number of benzene rings is 1. The van der Waals surface area contributed by atoms with Crippen LogP contribution in [0, 0.1) is 5.92 Å². The monoisotopic (exact) mass is 338 g/mol. The summed E-state index contributed by atoms with van der Waals surface area (Å²) in [6.07, 6.45) is -2.23. The van der Waals surface area contributed by atoms with E-state index in [2.05, 4.69) is 15.0 Å². The van der Waals surface area contributed by atoms with Crippen molar-refractivity contribution in [3.63, 3.8) is 0 Å². The first-order valence-electron chi connectivity index (χ1n) is 7.18. The van der Waals surface area contributed by atoms with Crippen molar-refractivity contribution in [3.8, 4) is 5.75 Å². The number of ether oxygens (including phenoxy) is 1. The van der Waals surface area contributed by atoms with Gasteiger partial charge in [-0.05, 0) is 56.6 Å². The lowest BCUT2D eigenvalue weighted by Gasteiger charge is -2.32. The summed E-state index contributed by atoms with van der Waals surface area (Å²) in [5.41, 5.74) is 1.01. The molecule has 1 atom stereocenters. The van der Waals surface area contributed by atoms with E-state index in [9.17, 15) is 13.2 Å². The molecule has 0 amide bonds. The van der Waals surface area contributed by atoms with Crippen molar-refractivity contribution in [1.82, 2.24) is 10.2 Å². The number of rotatable bonds is 5. The fourth-order valence-electron chi connectivity index (χ4n) is 2.80. The van der Waals surface area contributed by atoms with Gasteiger partial charge in [0, 0.05) is 13.1 Å². The second-order valence-electron chi connectivity index (χ2n) is 5.49. The summed E-state index contributed by atoms with van der Waals surface area (Å²) < 4.78 is 40.2. The molecule has 1 unspecified atom stereocenters. The molecule has 0 bridgehead atoms. The van der Waals surface area contributed by atoms with Gasteiger partial charge in [-0.2, -0.15) is 0 Å². The van der Waals surface area contributed by atoms with Crippen molar-refractivity contribution in [2.24, 2.45) is 5.92 Å². The van der Waals surface area contributed by atoms with Crippen LogP contribution in [0.15, 0.2) is 24.3 Å². The number of likely N-dealkylation sites (tertiary alicyclic amines) is 1. The van der Waals surface area contributed by atoms with E-state index in [1.807, 2.05) is 7.05 Å². The van der Waals surface area contributed by atoms with Gasteiger partial charge in [0.05, 0.1) is 0 Å². The minimum atomic E-state index is -4.63. The van der Waals surface area contributed by atoms with Crippen LogP contribution in [0.3, 0.4) is 0 Å². The van der Waals surface area contributed by atoms with Crippen molar-refractivity contribution in [2.75, 3.05) is 26.7 Å². The van der Waals surface area contributed by atoms with Crippen LogP contribution in [-0.4, -0.2) is 37.9 Å². The van der Waals surface area contributed by atoms with E-state index in [1.165, 1.54) is 25.0 Å². The Morgan fingerprint density at radius 1 is 1.27 bits per heavy atom. The summed E-state index contributed by atoms with van der Waals surface area (Å²) in [6, 6.07) is 6.14. The SMILES string of the molecule is CNCC1CCCN(Cc2ccc(OC(F)(F)F)cc2)C1.Cl. The third kappa shape index (κ3) is 6.42. The molecule has 0 aliphatic carbocycles.